The Morgan fingerprint density at radius 2 is 1.88 bits per heavy atom. The first kappa shape index (κ1) is 14.1. The fourth-order valence-electron chi connectivity index (χ4n) is 1.24. The van der Waals surface area contributed by atoms with E-state index >= 15 is 0 Å². The number of hydrogen-bond donors (Lipinski definition) is 1. The number of thioether (sulfide) groups is 1. The Kier molecular flexibility index (Phi) is 5.02. The second-order valence-corrected chi connectivity index (χ2v) is 6.85. The van der Waals surface area contributed by atoms with Crippen LogP contribution in [-0.2, 0) is 9.84 Å². The van der Waals surface area contributed by atoms with Crippen molar-refractivity contribution in [3.63, 3.8) is 0 Å². The van der Waals surface area contributed by atoms with Crippen molar-refractivity contribution in [2.24, 2.45) is 0 Å². The molecule has 1 rings (SSSR count). The minimum absolute atomic E-state index is 0.0813. The molecule has 1 N–H and O–H groups in total. The molecule has 0 spiro atoms. The maximum absolute atomic E-state index is 11.8. The molecule has 4 nitrogen and oxygen atoms in total. The van der Waals surface area contributed by atoms with Crippen LogP contribution in [0.15, 0.2) is 29.2 Å². The molecule has 0 bridgehead atoms. The summed E-state index contributed by atoms with van der Waals surface area (Å²) in [5.41, 5.74) is 0.0897. The molecular formula is C11H14O4S2. The van der Waals surface area contributed by atoms with E-state index in [1.165, 1.54) is 24.3 Å². The van der Waals surface area contributed by atoms with E-state index in [1.807, 2.05) is 6.92 Å². The summed E-state index contributed by atoms with van der Waals surface area (Å²) in [6, 6.07) is 5.30. The Morgan fingerprint density at radius 1 is 1.29 bits per heavy atom. The first-order valence-electron chi connectivity index (χ1n) is 5.11. The van der Waals surface area contributed by atoms with Crippen LogP contribution >= 0.6 is 11.8 Å². The summed E-state index contributed by atoms with van der Waals surface area (Å²) in [5.74, 6) is 0.459. The maximum Gasteiger partial charge on any atom is 0.335 e. The molecule has 0 fully saturated rings. The summed E-state index contributed by atoms with van der Waals surface area (Å²) in [6.45, 7) is 1.97. The highest BCUT2D eigenvalue weighted by Crippen LogP contribution is 2.14. The Bertz CT molecular complexity index is 477. The number of hydrogen-bond acceptors (Lipinski definition) is 4. The van der Waals surface area contributed by atoms with Gasteiger partial charge in [0.25, 0.3) is 0 Å². The highest BCUT2D eigenvalue weighted by atomic mass is 32.2. The average molecular weight is 274 g/mol. The van der Waals surface area contributed by atoms with E-state index in [9.17, 15) is 13.2 Å². The molecule has 0 radical (unpaired) electrons. The fourth-order valence-corrected chi connectivity index (χ4v) is 3.66. The molecule has 0 aliphatic rings. The highest BCUT2D eigenvalue weighted by Gasteiger charge is 2.14. The van der Waals surface area contributed by atoms with Crippen molar-refractivity contribution in [1.82, 2.24) is 0 Å². The third-order valence-corrected chi connectivity index (χ3v) is 5.05. The van der Waals surface area contributed by atoms with E-state index in [1.54, 1.807) is 11.8 Å². The quantitative estimate of drug-likeness (QED) is 0.802. The standard InChI is InChI=1S/C11H14O4S2/c1-2-16-7-8-17(14,15)10-5-3-9(4-6-10)11(12)13/h3-6H,2,7-8H2,1H3,(H,12,13). The van der Waals surface area contributed by atoms with Gasteiger partial charge in [-0.2, -0.15) is 11.8 Å². The Morgan fingerprint density at radius 3 is 2.35 bits per heavy atom. The van der Waals surface area contributed by atoms with E-state index in [0.29, 0.717) is 5.75 Å². The molecule has 0 atom stereocenters. The first-order valence-corrected chi connectivity index (χ1v) is 7.92. The number of carboxylic acids is 1. The normalized spacial score (nSPS) is 11.4. The van der Waals surface area contributed by atoms with Gasteiger partial charge in [-0.25, -0.2) is 13.2 Å². The largest absolute Gasteiger partial charge is 0.478 e. The number of sulfone groups is 1. The van der Waals surface area contributed by atoms with Crippen LogP contribution in [0.2, 0.25) is 0 Å². The van der Waals surface area contributed by atoms with Crippen molar-refractivity contribution >= 4 is 27.6 Å². The molecule has 0 unspecified atom stereocenters. The van der Waals surface area contributed by atoms with E-state index < -0.39 is 15.8 Å². The molecule has 17 heavy (non-hydrogen) atoms. The number of rotatable bonds is 6. The summed E-state index contributed by atoms with van der Waals surface area (Å²) >= 11 is 1.56. The van der Waals surface area contributed by atoms with Gasteiger partial charge in [-0.3, -0.25) is 0 Å². The summed E-state index contributed by atoms with van der Waals surface area (Å²) in [5, 5.41) is 8.70. The van der Waals surface area contributed by atoms with Gasteiger partial charge < -0.3 is 5.11 Å². The van der Waals surface area contributed by atoms with Crippen LogP contribution in [-0.4, -0.2) is 36.8 Å². The lowest BCUT2D eigenvalue weighted by molar-refractivity contribution is 0.0697. The Hall–Kier alpha value is -1.01. The van der Waals surface area contributed by atoms with E-state index in [2.05, 4.69) is 0 Å². The van der Waals surface area contributed by atoms with E-state index in [0.717, 1.165) is 5.75 Å². The monoisotopic (exact) mass is 274 g/mol. The SMILES string of the molecule is CCSCCS(=O)(=O)c1ccc(C(=O)O)cc1. The molecule has 0 amide bonds. The fraction of sp³-hybridized carbons (Fsp3) is 0.364. The second-order valence-electron chi connectivity index (χ2n) is 3.35. The smallest absolute Gasteiger partial charge is 0.335 e. The molecule has 6 heteroatoms. The van der Waals surface area contributed by atoms with Crippen LogP contribution < -0.4 is 0 Å². The average Bonchev–Trinajstić information content (AvgIpc) is 2.29. The van der Waals surface area contributed by atoms with Gasteiger partial charge in [0, 0.05) is 5.75 Å². The zero-order valence-electron chi connectivity index (χ0n) is 9.42. The number of carbonyl (C=O) groups is 1. The number of aromatic carboxylic acids is 1. The van der Waals surface area contributed by atoms with Crippen molar-refractivity contribution in [3.8, 4) is 0 Å². The molecule has 0 aliphatic carbocycles. The van der Waals surface area contributed by atoms with Crippen LogP contribution in [0.4, 0.5) is 0 Å². The van der Waals surface area contributed by atoms with Gasteiger partial charge in [0.2, 0.25) is 0 Å². The van der Waals surface area contributed by atoms with Gasteiger partial charge in [-0.1, -0.05) is 6.92 Å². The van der Waals surface area contributed by atoms with Gasteiger partial charge in [-0.15, -0.1) is 0 Å². The van der Waals surface area contributed by atoms with Crippen LogP contribution in [0.5, 0.6) is 0 Å². The van der Waals surface area contributed by atoms with Crippen molar-refractivity contribution in [2.75, 3.05) is 17.3 Å². The van der Waals surface area contributed by atoms with Crippen LogP contribution in [0.25, 0.3) is 0 Å². The van der Waals surface area contributed by atoms with Crippen molar-refractivity contribution in [2.45, 2.75) is 11.8 Å². The summed E-state index contributed by atoms with van der Waals surface area (Å²) in [7, 11) is -3.29. The molecular weight excluding hydrogens is 260 g/mol. The summed E-state index contributed by atoms with van der Waals surface area (Å²) in [6.07, 6.45) is 0. The van der Waals surface area contributed by atoms with Crippen molar-refractivity contribution in [3.05, 3.63) is 29.8 Å². The summed E-state index contributed by atoms with van der Waals surface area (Å²) < 4.78 is 23.7. The third kappa shape index (κ3) is 4.05. The highest BCUT2D eigenvalue weighted by molar-refractivity contribution is 8.00. The molecule has 1 aromatic rings. The topological polar surface area (TPSA) is 71.4 Å². The zero-order chi connectivity index (χ0) is 12.9. The van der Waals surface area contributed by atoms with E-state index in [4.69, 9.17) is 5.11 Å². The molecule has 0 heterocycles. The van der Waals surface area contributed by atoms with Gasteiger partial charge in [0.15, 0.2) is 9.84 Å². The molecule has 1 aromatic carbocycles. The van der Waals surface area contributed by atoms with Crippen LogP contribution in [0.3, 0.4) is 0 Å². The first-order chi connectivity index (χ1) is 7.97. The molecule has 0 aromatic heterocycles. The van der Waals surface area contributed by atoms with Crippen molar-refractivity contribution < 1.29 is 18.3 Å². The predicted octanol–water partition coefficient (Wildman–Crippen LogP) is 1.91. The van der Waals surface area contributed by atoms with Crippen molar-refractivity contribution in [1.29, 1.82) is 0 Å². The second kappa shape index (κ2) is 6.07. The lowest BCUT2D eigenvalue weighted by Gasteiger charge is -2.04. The van der Waals surface area contributed by atoms with Gasteiger partial charge in [0.1, 0.15) is 0 Å². The Balaban J connectivity index is 2.81. The molecule has 94 valence electrons. The molecule has 0 aliphatic heterocycles. The lowest BCUT2D eigenvalue weighted by Crippen LogP contribution is -2.09. The van der Waals surface area contributed by atoms with Crippen LogP contribution in [0.1, 0.15) is 17.3 Å². The van der Waals surface area contributed by atoms with Crippen LogP contribution in [0, 0.1) is 0 Å². The number of carboxylic acid groups (broad SMARTS) is 1. The molecule has 0 saturated heterocycles. The zero-order valence-corrected chi connectivity index (χ0v) is 11.1. The summed E-state index contributed by atoms with van der Waals surface area (Å²) in [4.78, 5) is 10.8. The van der Waals surface area contributed by atoms with Gasteiger partial charge >= 0.3 is 5.97 Å². The third-order valence-electron chi connectivity index (χ3n) is 2.16. The minimum Gasteiger partial charge on any atom is -0.478 e. The lowest BCUT2D eigenvalue weighted by atomic mass is 10.2. The minimum atomic E-state index is -3.29. The van der Waals surface area contributed by atoms with E-state index in [-0.39, 0.29) is 16.2 Å². The van der Waals surface area contributed by atoms with Gasteiger partial charge in [0.05, 0.1) is 16.2 Å². The molecule has 0 saturated carbocycles. The maximum atomic E-state index is 11.8. The van der Waals surface area contributed by atoms with Gasteiger partial charge in [-0.05, 0) is 30.0 Å². The predicted molar refractivity (Wildman–Crippen MR) is 68.5 cm³/mol. The number of benzene rings is 1. The Labute approximate surface area is 105 Å².